The van der Waals surface area contributed by atoms with E-state index in [9.17, 15) is 4.79 Å². The van der Waals surface area contributed by atoms with Gasteiger partial charge >= 0.3 is 6.03 Å². The topological polar surface area (TPSA) is 32.3 Å². The van der Waals surface area contributed by atoms with E-state index in [1.807, 2.05) is 4.90 Å². The second-order valence-corrected chi connectivity index (χ2v) is 6.47. The van der Waals surface area contributed by atoms with Crippen molar-refractivity contribution < 1.29 is 4.79 Å². The van der Waals surface area contributed by atoms with E-state index in [-0.39, 0.29) is 12.1 Å². The minimum absolute atomic E-state index is 0.0849. The molecule has 0 bridgehead atoms. The average Bonchev–Trinajstić information content (AvgIpc) is 3.23. The van der Waals surface area contributed by atoms with Crippen LogP contribution in [0.15, 0.2) is 18.2 Å². The van der Waals surface area contributed by atoms with Gasteiger partial charge in [-0.15, -0.1) is 0 Å². The van der Waals surface area contributed by atoms with Crippen LogP contribution in [-0.2, 0) is 6.42 Å². The number of nitrogens with one attached hydrogen (secondary N) is 1. The Bertz CT molecular complexity index is 494. The summed E-state index contributed by atoms with van der Waals surface area (Å²) in [7, 11) is 0. The highest BCUT2D eigenvalue weighted by Crippen LogP contribution is 2.29. The Hall–Kier alpha value is -1.51. The van der Waals surface area contributed by atoms with Crippen LogP contribution in [0.2, 0.25) is 0 Å². The Morgan fingerprint density at radius 1 is 1.38 bits per heavy atom. The molecule has 21 heavy (non-hydrogen) atoms. The van der Waals surface area contributed by atoms with Gasteiger partial charge in [-0.25, -0.2) is 4.79 Å². The largest absolute Gasteiger partial charge is 0.335 e. The number of carbonyl (C=O) groups excluding carboxylic acids is 1. The van der Waals surface area contributed by atoms with E-state index in [0.717, 1.165) is 25.4 Å². The second-order valence-electron chi connectivity index (χ2n) is 6.47. The maximum absolute atomic E-state index is 12.3. The van der Waals surface area contributed by atoms with Crippen molar-refractivity contribution in [2.24, 2.45) is 5.92 Å². The van der Waals surface area contributed by atoms with Crippen molar-refractivity contribution in [3.63, 3.8) is 0 Å². The smallest absolute Gasteiger partial charge is 0.317 e. The summed E-state index contributed by atoms with van der Waals surface area (Å²) in [5.41, 5.74) is 3.91. The van der Waals surface area contributed by atoms with Gasteiger partial charge in [-0.1, -0.05) is 23.8 Å². The number of nitrogens with zero attached hydrogens (tertiary/aromatic N) is 1. The Balaban J connectivity index is 1.87. The van der Waals surface area contributed by atoms with Crippen LogP contribution in [0.3, 0.4) is 0 Å². The van der Waals surface area contributed by atoms with Crippen molar-refractivity contribution in [3.05, 3.63) is 34.9 Å². The first kappa shape index (κ1) is 15.9. The van der Waals surface area contributed by atoms with Gasteiger partial charge in [-0.2, -0.15) is 0 Å². The lowest BCUT2D eigenvalue weighted by Gasteiger charge is -2.24. The van der Waals surface area contributed by atoms with E-state index >= 15 is 0 Å². The van der Waals surface area contributed by atoms with Crippen LogP contribution in [0.4, 0.5) is 4.79 Å². The zero-order valence-corrected chi connectivity index (χ0v) is 13.8. The second kappa shape index (κ2) is 6.97. The molecule has 0 saturated heterocycles. The van der Waals surface area contributed by atoms with Crippen molar-refractivity contribution in [2.75, 3.05) is 13.1 Å². The molecule has 0 aromatic heterocycles. The molecule has 2 rings (SSSR count). The number of hydrogen-bond acceptors (Lipinski definition) is 1. The molecule has 116 valence electrons. The highest BCUT2D eigenvalue weighted by molar-refractivity contribution is 5.74. The highest BCUT2D eigenvalue weighted by atomic mass is 16.2. The molecule has 1 aromatic rings. The number of aryl methyl sites for hydroxylation is 2. The summed E-state index contributed by atoms with van der Waals surface area (Å²) in [5, 5.41) is 3.14. The first-order valence-corrected chi connectivity index (χ1v) is 8.11. The fraction of sp³-hybridized carbons (Fsp3) is 0.611. The summed E-state index contributed by atoms with van der Waals surface area (Å²) in [5.74, 6) is 0.741. The molecule has 1 unspecified atom stereocenters. The van der Waals surface area contributed by atoms with Crippen molar-refractivity contribution in [1.82, 2.24) is 10.2 Å². The molecule has 1 aliphatic rings. The first-order chi connectivity index (χ1) is 9.99. The molecule has 1 atom stereocenters. The van der Waals surface area contributed by atoms with E-state index in [0.29, 0.717) is 0 Å². The van der Waals surface area contributed by atoms with Gasteiger partial charge in [0.25, 0.3) is 0 Å². The molecule has 3 heteroatoms. The van der Waals surface area contributed by atoms with E-state index in [2.05, 4.69) is 51.2 Å². The van der Waals surface area contributed by atoms with E-state index in [1.54, 1.807) is 0 Å². The van der Waals surface area contributed by atoms with Crippen LogP contribution in [0, 0.1) is 19.8 Å². The Kier molecular flexibility index (Phi) is 5.27. The molecule has 0 spiro atoms. The average molecular weight is 288 g/mol. The van der Waals surface area contributed by atoms with Crippen LogP contribution in [0.5, 0.6) is 0 Å². The number of urea groups is 1. The SMILES string of the molecule is CCN(CC1CC1)C(=O)NC(C)Cc1ccc(C)cc1C. The standard InChI is InChI=1S/C18H28N2O/c1-5-20(12-16-7-8-16)18(21)19-15(4)11-17-9-6-13(2)10-14(17)3/h6,9-10,15-16H,5,7-8,11-12H2,1-4H3,(H,19,21). The monoisotopic (exact) mass is 288 g/mol. The Morgan fingerprint density at radius 3 is 2.67 bits per heavy atom. The van der Waals surface area contributed by atoms with Gasteiger partial charge < -0.3 is 10.2 Å². The molecule has 1 N–H and O–H groups in total. The maximum atomic E-state index is 12.3. The summed E-state index contributed by atoms with van der Waals surface area (Å²) in [4.78, 5) is 14.2. The lowest BCUT2D eigenvalue weighted by molar-refractivity contribution is 0.195. The summed E-state index contributed by atoms with van der Waals surface area (Å²) in [6, 6.07) is 6.76. The zero-order chi connectivity index (χ0) is 15.4. The van der Waals surface area contributed by atoms with Gasteiger partial charge in [0, 0.05) is 19.1 Å². The van der Waals surface area contributed by atoms with E-state index < -0.39 is 0 Å². The quantitative estimate of drug-likeness (QED) is 0.851. The molecule has 0 aliphatic heterocycles. The number of hydrogen-bond donors (Lipinski definition) is 1. The fourth-order valence-electron chi connectivity index (χ4n) is 2.73. The third-order valence-corrected chi connectivity index (χ3v) is 4.24. The molecular formula is C18H28N2O. The molecule has 1 aliphatic carbocycles. The predicted molar refractivity (Wildman–Crippen MR) is 87.6 cm³/mol. The van der Waals surface area contributed by atoms with E-state index in [4.69, 9.17) is 0 Å². The third-order valence-electron chi connectivity index (χ3n) is 4.24. The summed E-state index contributed by atoms with van der Waals surface area (Å²) < 4.78 is 0. The molecule has 1 fully saturated rings. The van der Waals surface area contributed by atoms with Gasteiger partial charge in [-0.05, 0) is 64.0 Å². The predicted octanol–water partition coefficient (Wildman–Crippen LogP) is 3.68. The van der Waals surface area contributed by atoms with Crippen molar-refractivity contribution in [1.29, 1.82) is 0 Å². The van der Waals surface area contributed by atoms with Crippen LogP contribution >= 0.6 is 0 Å². The Labute approximate surface area is 128 Å². The molecule has 1 saturated carbocycles. The Morgan fingerprint density at radius 2 is 2.10 bits per heavy atom. The van der Waals surface area contributed by atoms with Crippen LogP contribution < -0.4 is 5.32 Å². The summed E-state index contributed by atoms with van der Waals surface area (Å²) >= 11 is 0. The molecule has 0 heterocycles. The summed E-state index contributed by atoms with van der Waals surface area (Å²) in [6.45, 7) is 10.1. The van der Waals surface area contributed by atoms with Crippen LogP contribution in [-0.4, -0.2) is 30.1 Å². The molecule has 0 radical (unpaired) electrons. The van der Waals surface area contributed by atoms with Gasteiger partial charge in [0.2, 0.25) is 0 Å². The lowest BCUT2D eigenvalue weighted by Crippen LogP contribution is -2.45. The lowest BCUT2D eigenvalue weighted by atomic mass is 10.00. The van der Waals surface area contributed by atoms with Gasteiger partial charge in [0.05, 0.1) is 0 Å². The summed E-state index contributed by atoms with van der Waals surface area (Å²) in [6.07, 6.45) is 3.45. The van der Waals surface area contributed by atoms with E-state index in [1.165, 1.54) is 29.5 Å². The molecule has 1 aromatic carbocycles. The van der Waals surface area contributed by atoms with Gasteiger partial charge in [0.1, 0.15) is 0 Å². The van der Waals surface area contributed by atoms with Crippen molar-refractivity contribution in [2.45, 2.75) is 53.0 Å². The number of benzene rings is 1. The normalized spacial score (nSPS) is 15.6. The maximum Gasteiger partial charge on any atom is 0.317 e. The van der Waals surface area contributed by atoms with Gasteiger partial charge in [-0.3, -0.25) is 0 Å². The van der Waals surface area contributed by atoms with Crippen LogP contribution in [0.1, 0.15) is 43.4 Å². The molecule has 2 amide bonds. The first-order valence-electron chi connectivity index (χ1n) is 8.11. The third kappa shape index (κ3) is 4.76. The van der Waals surface area contributed by atoms with Crippen molar-refractivity contribution >= 4 is 6.03 Å². The van der Waals surface area contributed by atoms with Crippen LogP contribution in [0.25, 0.3) is 0 Å². The number of rotatable bonds is 6. The number of carbonyl (C=O) groups is 1. The minimum Gasteiger partial charge on any atom is -0.335 e. The highest BCUT2D eigenvalue weighted by Gasteiger charge is 2.26. The molecule has 3 nitrogen and oxygen atoms in total. The fourth-order valence-corrected chi connectivity index (χ4v) is 2.73. The van der Waals surface area contributed by atoms with Gasteiger partial charge in [0.15, 0.2) is 0 Å². The molecular weight excluding hydrogens is 260 g/mol. The minimum atomic E-state index is 0.0849. The van der Waals surface area contributed by atoms with Crippen molar-refractivity contribution in [3.8, 4) is 0 Å². The number of amides is 2. The zero-order valence-electron chi connectivity index (χ0n) is 13.8.